The highest BCUT2D eigenvalue weighted by Gasteiger charge is 2.08. The van der Waals surface area contributed by atoms with Crippen LogP contribution in [0.4, 0.5) is 4.39 Å². The zero-order chi connectivity index (χ0) is 13.0. The molecule has 2 nitrogen and oxygen atoms in total. The highest BCUT2D eigenvalue weighted by Crippen LogP contribution is 2.29. The fourth-order valence-electron chi connectivity index (χ4n) is 1.61. The Morgan fingerprint density at radius 3 is 2.72 bits per heavy atom. The molecule has 1 N–H and O–H groups in total. The van der Waals surface area contributed by atoms with E-state index in [1.165, 1.54) is 6.07 Å². The minimum Gasteiger partial charge on any atom is -0.454 e. The molecule has 0 unspecified atom stereocenters. The molecule has 0 radical (unpaired) electrons. The van der Waals surface area contributed by atoms with Crippen molar-refractivity contribution < 1.29 is 9.13 Å². The number of ether oxygens (including phenoxy) is 1. The highest BCUT2D eigenvalue weighted by molar-refractivity contribution is 9.10. The summed E-state index contributed by atoms with van der Waals surface area (Å²) in [6.07, 6.45) is 0. The third-order valence-corrected chi connectivity index (χ3v) is 2.95. The molecule has 0 spiro atoms. The molecule has 0 saturated heterocycles. The molecule has 2 aromatic carbocycles. The van der Waals surface area contributed by atoms with Crippen molar-refractivity contribution >= 4 is 15.9 Å². The van der Waals surface area contributed by atoms with Crippen LogP contribution in [0.3, 0.4) is 0 Å². The molecule has 0 amide bonds. The number of hydrogen-bond acceptors (Lipinski definition) is 2. The molecule has 0 aliphatic carbocycles. The number of halogens is 2. The first-order chi connectivity index (χ1) is 8.70. The maximum atomic E-state index is 13.6. The maximum absolute atomic E-state index is 13.6. The van der Waals surface area contributed by atoms with Crippen molar-refractivity contribution in [3.63, 3.8) is 0 Å². The summed E-state index contributed by atoms with van der Waals surface area (Å²) in [5.74, 6) is 0.495. The van der Waals surface area contributed by atoms with Gasteiger partial charge in [0.25, 0.3) is 0 Å². The predicted molar refractivity (Wildman–Crippen MR) is 73.4 cm³/mol. The fraction of sp³-hybridized carbons (Fsp3) is 0.143. The van der Waals surface area contributed by atoms with Crippen molar-refractivity contribution in [1.82, 2.24) is 5.32 Å². The van der Waals surface area contributed by atoms with Gasteiger partial charge in [0.1, 0.15) is 5.75 Å². The lowest BCUT2D eigenvalue weighted by molar-refractivity contribution is 0.436. The summed E-state index contributed by atoms with van der Waals surface area (Å²) < 4.78 is 20.0. The van der Waals surface area contributed by atoms with Crippen LogP contribution < -0.4 is 10.1 Å². The van der Waals surface area contributed by atoms with Crippen molar-refractivity contribution in [1.29, 1.82) is 0 Å². The molecule has 0 atom stereocenters. The minimum atomic E-state index is -0.377. The number of nitrogens with one attached hydrogen (secondary N) is 1. The van der Waals surface area contributed by atoms with Gasteiger partial charge in [-0.1, -0.05) is 34.1 Å². The summed E-state index contributed by atoms with van der Waals surface area (Å²) >= 11 is 3.30. The lowest BCUT2D eigenvalue weighted by atomic mass is 10.2. The van der Waals surface area contributed by atoms with Crippen LogP contribution in [-0.4, -0.2) is 7.05 Å². The van der Waals surface area contributed by atoms with Gasteiger partial charge in [0.05, 0.1) is 0 Å². The summed E-state index contributed by atoms with van der Waals surface area (Å²) in [4.78, 5) is 0. The lowest BCUT2D eigenvalue weighted by Crippen LogP contribution is -2.06. The first-order valence-electron chi connectivity index (χ1n) is 5.56. The predicted octanol–water partition coefficient (Wildman–Crippen LogP) is 4.10. The Labute approximate surface area is 114 Å². The number of hydrogen-bond donors (Lipinski definition) is 1. The van der Waals surface area contributed by atoms with Gasteiger partial charge in [-0.15, -0.1) is 0 Å². The molecule has 0 heterocycles. The summed E-state index contributed by atoms with van der Waals surface area (Å²) in [7, 11) is 1.86. The Morgan fingerprint density at radius 1 is 1.17 bits per heavy atom. The lowest BCUT2D eigenvalue weighted by Gasteiger charge is -2.11. The van der Waals surface area contributed by atoms with Gasteiger partial charge < -0.3 is 10.1 Å². The zero-order valence-corrected chi connectivity index (χ0v) is 11.5. The van der Waals surface area contributed by atoms with Crippen LogP contribution in [-0.2, 0) is 6.54 Å². The number of para-hydroxylation sites is 1. The largest absolute Gasteiger partial charge is 0.454 e. The first kappa shape index (κ1) is 13.1. The van der Waals surface area contributed by atoms with E-state index >= 15 is 0 Å². The summed E-state index contributed by atoms with van der Waals surface area (Å²) in [6, 6.07) is 12.2. The first-order valence-corrected chi connectivity index (χ1v) is 6.35. The molecule has 0 bridgehead atoms. The van der Waals surface area contributed by atoms with Gasteiger partial charge in [-0.05, 0) is 31.3 Å². The second kappa shape index (κ2) is 5.98. The molecule has 0 fully saturated rings. The van der Waals surface area contributed by atoms with Gasteiger partial charge in [-0.3, -0.25) is 0 Å². The summed E-state index contributed by atoms with van der Waals surface area (Å²) in [5, 5.41) is 3.05. The van der Waals surface area contributed by atoms with Crippen LogP contribution >= 0.6 is 15.9 Å². The van der Waals surface area contributed by atoms with Crippen LogP contribution in [0.2, 0.25) is 0 Å². The van der Waals surface area contributed by atoms with Crippen LogP contribution in [0.15, 0.2) is 46.9 Å². The SMILES string of the molecule is CNCc1ccccc1Oc1cc(Br)ccc1F. The molecule has 94 valence electrons. The van der Waals surface area contributed by atoms with Crippen LogP contribution in [0.25, 0.3) is 0 Å². The molecule has 0 saturated carbocycles. The standard InChI is InChI=1S/C14H13BrFNO/c1-17-9-10-4-2-3-5-13(10)18-14-8-11(15)6-7-12(14)16/h2-8,17H,9H2,1H3. The van der Waals surface area contributed by atoms with Crippen LogP contribution in [0.5, 0.6) is 11.5 Å². The number of rotatable bonds is 4. The van der Waals surface area contributed by atoms with E-state index in [2.05, 4.69) is 21.2 Å². The summed E-state index contributed by atoms with van der Waals surface area (Å²) in [5.41, 5.74) is 0.986. The van der Waals surface area contributed by atoms with Gasteiger partial charge in [0, 0.05) is 16.6 Å². The minimum absolute atomic E-state index is 0.216. The molecular weight excluding hydrogens is 297 g/mol. The molecule has 0 aliphatic rings. The van der Waals surface area contributed by atoms with Crippen molar-refractivity contribution in [3.05, 3.63) is 58.3 Å². The van der Waals surface area contributed by atoms with E-state index < -0.39 is 0 Å². The van der Waals surface area contributed by atoms with Gasteiger partial charge >= 0.3 is 0 Å². The molecule has 18 heavy (non-hydrogen) atoms. The van der Waals surface area contributed by atoms with E-state index in [1.54, 1.807) is 12.1 Å². The molecule has 0 aromatic heterocycles. The maximum Gasteiger partial charge on any atom is 0.165 e. The summed E-state index contributed by atoms with van der Waals surface area (Å²) in [6.45, 7) is 0.672. The Hall–Kier alpha value is -1.39. The monoisotopic (exact) mass is 309 g/mol. The van der Waals surface area contributed by atoms with Crippen LogP contribution in [0.1, 0.15) is 5.56 Å². The molecule has 2 rings (SSSR count). The van der Waals surface area contributed by atoms with E-state index in [0.717, 1.165) is 10.0 Å². The van der Waals surface area contributed by atoms with E-state index in [1.807, 2.05) is 31.3 Å². The topological polar surface area (TPSA) is 21.3 Å². The second-order valence-electron chi connectivity index (χ2n) is 3.81. The van der Waals surface area contributed by atoms with Gasteiger partial charge in [-0.2, -0.15) is 0 Å². The van der Waals surface area contributed by atoms with E-state index in [0.29, 0.717) is 12.3 Å². The second-order valence-corrected chi connectivity index (χ2v) is 4.73. The highest BCUT2D eigenvalue weighted by atomic mass is 79.9. The van der Waals surface area contributed by atoms with Crippen molar-refractivity contribution in [3.8, 4) is 11.5 Å². The Bertz CT molecular complexity index is 545. The average Bonchev–Trinajstić information content (AvgIpc) is 2.36. The normalized spacial score (nSPS) is 10.4. The smallest absolute Gasteiger partial charge is 0.165 e. The molecule has 0 aliphatic heterocycles. The molecule has 4 heteroatoms. The Kier molecular flexibility index (Phi) is 4.33. The van der Waals surface area contributed by atoms with Gasteiger partial charge in [-0.25, -0.2) is 4.39 Å². The molecule has 2 aromatic rings. The Balaban J connectivity index is 2.30. The average molecular weight is 310 g/mol. The zero-order valence-electron chi connectivity index (χ0n) is 9.91. The van der Waals surface area contributed by atoms with E-state index in [4.69, 9.17) is 4.74 Å². The Morgan fingerprint density at radius 2 is 1.94 bits per heavy atom. The van der Waals surface area contributed by atoms with Gasteiger partial charge in [0.15, 0.2) is 11.6 Å². The quantitative estimate of drug-likeness (QED) is 0.918. The number of benzene rings is 2. The van der Waals surface area contributed by atoms with Crippen molar-refractivity contribution in [2.45, 2.75) is 6.54 Å². The molecular formula is C14H13BrFNO. The third-order valence-electron chi connectivity index (χ3n) is 2.45. The van der Waals surface area contributed by atoms with Crippen molar-refractivity contribution in [2.75, 3.05) is 7.05 Å². The van der Waals surface area contributed by atoms with E-state index in [9.17, 15) is 4.39 Å². The van der Waals surface area contributed by atoms with Crippen molar-refractivity contribution in [2.24, 2.45) is 0 Å². The van der Waals surface area contributed by atoms with Gasteiger partial charge in [0.2, 0.25) is 0 Å². The third kappa shape index (κ3) is 3.09. The van der Waals surface area contributed by atoms with E-state index in [-0.39, 0.29) is 11.6 Å². The van der Waals surface area contributed by atoms with Crippen LogP contribution in [0, 0.1) is 5.82 Å². The fourth-order valence-corrected chi connectivity index (χ4v) is 1.95.